The number of rotatable bonds is 5. The number of anilines is 1. The van der Waals surface area contributed by atoms with Crippen molar-refractivity contribution in [3.63, 3.8) is 0 Å². The van der Waals surface area contributed by atoms with Crippen molar-refractivity contribution in [2.45, 2.75) is 39.4 Å². The maximum absolute atomic E-state index is 6.42. The lowest BCUT2D eigenvalue weighted by Gasteiger charge is -2.22. The molecule has 0 atom stereocenters. The van der Waals surface area contributed by atoms with Crippen molar-refractivity contribution < 1.29 is 0 Å². The lowest BCUT2D eigenvalue weighted by molar-refractivity contribution is 0.424. The van der Waals surface area contributed by atoms with Crippen molar-refractivity contribution in [2.24, 2.45) is 0 Å². The van der Waals surface area contributed by atoms with Crippen molar-refractivity contribution in [3.05, 3.63) is 51.2 Å². The van der Waals surface area contributed by atoms with Crippen LogP contribution in [0.4, 0.5) is 5.69 Å². The van der Waals surface area contributed by atoms with Gasteiger partial charge in [-0.1, -0.05) is 17.7 Å². The zero-order valence-corrected chi connectivity index (χ0v) is 14.7. The Balaban J connectivity index is 2.04. The molecule has 2 nitrogen and oxygen atoms in total. The van der Waals surface area contributed by atoms with Gasteiger partial charge in [-0.15, -0.1) is 0 Å². The second-order valence-electron chi connectivity index (χ2n) is 6.37. The van der Waals surface area contributed by atoms with Gasteiger partial charge in [0.25, 0.3) is 0 Å². The van der Waals surface area contributed by atoms with E-state index in [1.54, 1.807) is 11.3 Å². The number of halogens is 1. The summed E-state index contributed by atoms with van der Waals surface area (Å²) in [4.78, 5) is 2.22. The van der Waals surface area contributed by atoms with Crippen LogP contribution in [0.15, 0.2) is 35.0 Å². The monoisotopic (exact) mass is 322 g/mol. The van der Waals surface area contributed by atoms with E-state index in [4.69, 9.17) is 11.6 Å². The first-order valence-corrected chi connectivity index (χ1v) is 8.43. The van der Waals surface area contributed by atoms with E-state index < -0.39 is 0 Å². The van der Waals surface area contributed by atoms with Crippen LogP contribution in [0.1, 0.15) is 31.9 Å². The molecule has 0 saturated heterocycles. The zero-order chi connectivity index (χ0) is 15.5. The minimum absolute atomic E-state index is 0.0950. The molecule has 0 fully saturated rings. The number of hydrogen-bond donors (Lipinski definition) is 1. The highest BCUT2D eigenvalue weighted by Crippen LogP contribution is 2.25. The molecule has 1 N–H and O–H groups in total. The van der Waals surface area contributed by atoms with Gasteiger partial charge in [-0.2, -0.15) is 11.3 Å². The molecule has 0 saturated carbocycles. The van der Waals surface area contributed by atoms with Crippen LogP contribution in [0, 0.1) is 0 Å². The van der Waals surface area contributed by atoms with Crippen LogP contribution in [0.3, 0.4) is 0 Å². The fraction of sp³-hybridized carbons (Fsp3) is 0.412. The van der Waals surface area contributed by atoms with Crippen molar-refractivity contribution in [1.29, 1.82) is 0 Å². The number of benzene rings is 1. The molecule has 0 unspecified atom stereocenters. The molecule has 0 aliphatic heterocycles. The number of hydrogen-bond acceptors (Lipinski definition) is 3. The third-order valence-electron chi connectivity index (χ3n) is 3.29. The molecule has 1 aromatic heterocycles. The Morgan fingerprint density at radius 3 is 2.57 bits per heavy atom. The molecule has 1 aromatic carbocycles. The topological polar surface area (TPSA) is 15.3 Å². The summed E-state index contributed by atoms with van der Waals surface area (Å²) in [5.41, 5.74) is 3.71. The highest BCUT2D eigenvalue weighted by molar-refractivity contribution is 7.07. The molecule has 4 heteroatoms. The van der Waals surface area contributed by atoms with Gasteiger partial charge >= 0.3 is 0 Å². The normalized spacial score (nSPS) is 11.7. The van der Waals surface area contributed by atoms with Crippen LogP contribution in [-0.2, 0) is 13.1 Å². The third kappa shape index (κ3) is 5.03. The van der Waals surface area contributed by atoms with E-state index in [1.807, 2.05) is 6.07 Å². The molecule has 2 aromatic rings. The highest BCUT2D eigenvalue weighted by Gasteiger charge is 2.11. The highest BCUT2D eigenvalue weighted by atomic mass is 35.5. The summed E-state index contributed by atoms with van der Waals surface area (Å²) in [5.74, 6) is 0. The lowest BCUT2D eigenvalue weighted by atomic mass is 10.1. The third-order valence-corrected chi connectivity index (χ3v) is 4.37. The molecule has 1 heterocycles. The maximum atomic E-state index is 6.42. The molecule has 0 aliphatic carbocycles. The van der Waals surface area contributed by atoms with Gasteiger partial charge < -0.3 is 10.2 Å². The van der Waals surface area contributed by atoms with Crippen molar-refractivity contribution in [1.82, 2.24) is 5.32 Å². The van der Waals surface area contributed by atoms with Crippen LogP contribution < -0.4 is 10.2 Å². The quantitative estimate of drug-likeness (QED) is 0.840. The van der Waals surface area contributed by atoms with Gasteiger partial charge in [0, 0.05) is 36.4 Å². The van der Waals surface area contributed by atoms with E-state index >= 15 is 0 Å². The Kier molecular flexibility index (Phi) is 5.31. The fourth-order valence-corrected chi connectivity index (χ4v) is 2.93. The van der Waals surface area contributed by atoms with Crippen molar-refractivity contribution in [3.8, 4) is 0 Å². The van der Waals surface area contributed by atoms with E-state index in [-0.39, 0.29) is 5.54 Å². The number of thiophene rings is 1. The van der Waals surface area contributed by atoms with Crippen LogP contribution in [-0.4, -0.2) is 12.6 Å². The zero-order valence-electron chi connectivity index (χ0n) is 13.1. The van der Waals surface area contributed by atoms with E-state index in [2.05, 4.69) is 67.0 Å². The SMILES string of the molecule is CN(Cc1ccsc1)c1ccc(CNC(C)(C)C)c(Cl)c1. The second kappa shape index (κ2) is 6.82. The molecule has 0 bridgehead atoms. The predicted octanol–water partition coefficient (Wildman–Crippen LogP) is 4.93. The molecule has 0 radical (unpaired) electrons. The van der Waals surface area contributed by atoms with Gasteiger partial charge in [-0.05, 0) is 60.9 Å². The Hall–Kier alpha value is -1.03. The predicted molar refractivity (Wildman–Crippen MR) is 94.5 cm³/mol. The van der Waals surface area contributed by atoms with E-state index in [1.165, 1.54) is 5.56 Å². The van der Waals surface area contributed by atoms with E-state index in [0.717, 1.165) is 29.4 Å². The van der Waals surface area contributed by atoms with Crippen LogP contribution in [0.5, 0.6) is 0 Å². The fourth-order valence-electron chi connectivity index (χ4n) is 2.03. The van der Waals surface area contributed by atoms with Gasteiger partial charge in [0.2, 0.25) is 0 Å². The van der Waals surface area contributed by atoms with Crippen molar-refractivity contribution >= 4 is 28.6 Å². The summed E-state index contributed by atoms with van der Waals surface area (Å²) in [5, 5.41) is 8.58. The van der Waals surface area contributed by atoms with Gasteiger partial charge in [-0.25, -0.2) is 0 Å². The summed E-state index contributed by atoms with van der Waals surface area (Å²) in [6.07, 6.45) is 0. The molecule has 21 heavy (non-hydrogen) atoms. The number of nitrogens with one attached hydrogen (secondary N) is 1. The average molecular weight is 323 g/mol. The van der Waals surface area contributed by atoms with E-state index in [0.29, 0.717) is 0 Å². The standard InChI is InChI=1S/C17H23ClN2S/c1-17(2,3)19-10-14-5-6-15(9-16(14)18)20(4)11-13-7-8-21-12-13/h5-9,12,19H,10-11H2,1-4H3. The summed E-state index contributed by atoms with van der Waals surface area (Å²) in [7, 11) is 2.09. The minimum atomic E-state index is 0.0950. The first kappa shape index (κ1) is 16.3. The number of nitrogens with zero attached hydrogens (tertiary/aromatic N) is 1. The van der Waals surface area contributed by atoms with E-state index in [9.17, 15) is 0 Å². The van der Waals surface area contributed by atoms with Gasteiger partial charge in [-0.3, -0.25) is 0 Å². The second-order valence-corrected chi connectivity index (χ2v) is 7.55. The van der Waals surface area contributed by atoms with Crippen molar-refractivity contribution in [2.75, 3.05) is 11.9 Å². The minimum Gasteiger partial charge on any atom is -0.370 e. The Morgan fingerprint density at radius 2 is 2.00 bits per heavy atom. The average Bonchev–Trinajstić information content (AvgIpc) is 2.89. The Bertz CT molecular complexity index is 573. The summed E-state index contributed by atoms with van der Waals surface area (Å²) in [6, 6.07) is 8.45. The summed E-state index contributed by atoms with van der Waals surface area (Å²) in [6.45, 7) is 8.16. The molecule has 2 rings (SSSR count). The van der Waals surface area contributed by atoms with Gasteiger partial charge in [0.1, 0.15) is 0 Å². The first-order chi connectivity index (χ1) is 9.85. The Morgan fingerprint density at radius 1 is 1.24 bits per heavy atom. The van der Waals surface area contributed by atoms with Gasteiger partial charge in [0.05, 0.1) is 0 Å². The van der Waals surface area contributed by atoms with Crippen LogP contribution >= 0.6 is 22.9 Å². The summed E-state index contributed by atoms with van der Waals surface area (Å²) < 4.78 is 0. The molecule has 0 spiro atoms. The largest absolute Gasteiger partial charge is 0.370 e. The van der Waals surface area contributed by atoms with Crippen LogP contribution in [0.2, 0.25) is 5.02 Å². The molecular weight excluding hydrogens is 300 g/mol. The smallest absolute Gasteiger partial charge is 0.0471 e. The molecular formula is C17H23ClN2S. The van der Waals surface area contributed by atoms with Gasteiger partial charge in [0.15, 0.2) is 0 Å². The van der Waals surface area contributed by atoms with Crippen LogP contribution in [0.25, 0.3) is 0 Å². The Labute approximate surface area is 136 Å². The maximum Gasteiger partial charge on any atom is 0.0471 e. The first-order valence-electron chi connectivity index (χ1n) is 7.11. The lowest BCUT2D eigenvalue weighted by Crippen LogP contribution is -2.35. The molecule has 114 valence electrons. The summed E-state index contributed by atoms with van der Waals surface area (Å²) >= 11 is 8.15. The molecule has 0 amide bonds. The molecule has 0 aliphatic rings.